The number of rotatable bonds is 17. The van der Waals surface area contributed by atoms with Gasteiger partial charge in [0.2, 0.25) is 5.91 Å². The average Bonchev–Trinajstić information content (AvgIpc) is 3.67. The van der Waals surface area contributed by atoms with Crippen molar-refractivity contribution in [1.82, 2.24) is 16.0 Å². The SMILES string of the molecule is NCCCC[C@H](NC(=O)[C@H](CCCCNC(=O)OCC1c2ccccc2-c2ccccc21)NC(=O)OCC1c2ccccc2-c2ccccc21)C(=O)O. The van der Waals surface area contributed by atoms with Crippen LogP contribution in [0.5, 0.6) is 0 Å². The fourth-order valence-corrected chi connectivity index (χ4v) is 7.39. The number of carbonyl (C=O) groups is 4. The smallest absolute Gasteiger partial charge is 0.407 e. The molecule has 2 aliphatic carbocycles. The molecule has 0 fully saturated rings. The summed E-state index contributed by atoms with van der Waals surface area (Å²) >= 11 is 0. The van der Waals surface area contributed by atoms with Gasteiger partial charge in [0.05, 0.1) is 0 Å². The van der Waals surface area contributed by atoms with E-state index in [0.29, 0.717) is 32.2 Å². The van der Waals surface area contributed by atoms with Crippen LogP contribution >= 0.6 is 0 Å². The van der Waals surface area contributed by atoms with Gasteiger partial charge in [-0.2, -0.15) is 0 Å². The summed E-state index contributed by atoms with van der Waals surface area (Å²) in [6.07, 6.45) is 1.16. The first kappa shape index (κ1) is 37.1. The Morgan fingerprint density at radius 1 is 0.585 bits per heavy atom. The second-order valence-electron chi connectivity index (χ2n) is 13.5. The van der Waals surface area contributed by atoms with Crippen molar-refractivity contribution in [3.05, 3.63) is 119 Å². The van der Waals surface area contributed by atoms with E-state index >= 15 is 0 Å². The molecule has 0 heterocycles. The minimum atomic E-state index is -1.16. The molecule has 6 rings (SSSR count). The number of carboxylic acid groups (broad SMARTS) is 1. The Morgan fingerprint density at radius 3 is 1.49 bits per heavy atom. The van der Waals surface area contributed by atoms with Crippen LogP contribution in [0.3, 0.4) is 0 Å². The van der Waals surface area contributed by atoms with Crippen molar-refractivity contribution in [3.8, 4) is 22.3 Å². The highest BCUT2D eigenvalue weighted by atomic mass is 16.6. The fraction of sp³-hybridized carbons (Fsp3) is 0.333. The zero-order valence-electron chi connectivity index (χ0n) is 29.6. The first-order valence-corrected chi connectivity index (χ1v) is 18.3. The summed E-state index contributed by atoms with van der Waals surface area (Å²) in [6.45, 7) is 0.959. The van der Waals surface area contributed by atoms with Crippen molar-refractivity contribution in [3.63, 3.8) is 0 Å². The van der Waals surface area contributed by atoms with Gasteiger partial charge in [-0.1, -0.05) is 97.1 Å². The van der Waals surface area contributed by atoms with E-state index < -0.39 is 36.1 Å². The molecule has 6 N–H and O–H groups in total. The second-order valence-corrected chi connectivity index (χ2v) is 13.5. The van der Waals surface area contributed by atoms with Crippen LogP contribution in [0, 0.1) is 0 Å². The Morgan fingerprint density at radius 2 is 1.02 bits per heavy atom. The van der Waals surface area contributed by atoms with Crippen LogP contribution in [0.2, 0.25) is 0 Å². The van der Waals surface area contributed by atoms with E-state index in [1.54, 1.807) is 0 Å². The molecule has 11 nitrogen and oxygen atoms in total. The third-order valence-corrected chi connectivity index (χ3v) is 10.0. The number of amides is 3. The summed E-state index contributed by atoms with van der Waals surface area (Å²) < 4.78 is 11.3. The van der Waals surface area contributed by atoms with Gasteiger partial charge < -0.3 is 36.3 Å². The maximum Gasteiger partial charge on any atom is 0.407 e. The lowest BCUT2D eigenvalue weighted by atomic mass is 9.98. The van der Waals surface area contributed by atoms with Gasteiger partial charge in [-0.3, -0.25) is 4.79 Å². The maximum absolute atomic E-state index is 13.4. The minimum Gasteiger partial charge on any atom is -0.480 e. The Bertz CT molecular complexity index is 1840. The lowest BCUT2D eigenvalue weighted by Gasteiger charge is -2.22. The molecule has 2 atom stereocenters. The number of carbonyl (C=O) groups excluding carboxylic acids is 3. The van der Waals surface area contributed by atoms with Gasteiger partial charge in [0.25, 0.3) is 0 Å². The standard InChI is InChI=1S/C42H46N4O7/c43-23-11-9-22-38(40(48)49)45-39(47)37(46-42(51)53-26-36-33-19-7-3-15-29(33)30-16-4-8-20-34(30)36)21-10-12-24-44-41(50)52-25-35-31-17-5-1-13-27(31)28-14-2-6-18-32(28)35/h1-8,13-20,35-38H,9-12,21-26,43H2,(H,44,50)(H,45,47)(H,46,51)(H,48,49)/t37-,38-/m0/s1. The molecule has 4 aromatic carbocycles. The summed E-state index contributed by atoms with van der Waals surface area (Å²) in [4.78, 5) is 51.2. The molecule has 0 unspecified atom stereocenters. The van der Waals surface area contributed by atoms with Crippen molar-refractivity contribution in [1.29, 1.82) is 0 Å². The fourth-order valence-electron chi connectivity index (χ4n) is 7.39. The summed E-state index contributed by atoms with van der Waals surface area (Å²) in [5, 5.41) is 17.8. The molecule has 11 heteroatoms. The first-order valence-electron chi connectivity index (χ1n) is 18.3. The van der Waals surface area contributed by atoms with Crippen LogP contribution in [-0.2, 0) is 19.1 Å². The van der Waals surface area contributed by atoms with E-state index in [1.165, 1.54) is 0 Å². The van der Waals surface area contributed by atoms with Gasteiger partial charge in [-0.15, -0.1) is 0 Å². The number of unbranched alkanes of at least 4 members (excludes halogenated alkanes) is 2. The largest absolute Gasteiger partial charge is 0.480 e. The van der Waals surface area contributed by atoms with Crippen LogP contribution in [0.15, 0.2) is 97.1 Å². The lowest BCUT2D eigenvalue weighted by Crippen LogP contribution is -2.51. The van der Waals surface area contributed by atoms with Crippen molar-refractivity contribution in [2.75, 3.05) is 26.3 Å². The van der Waals surface area contributed by atoms with Crippen molar-refractivity contribution >= 4 is 24.1 Å². The van der Waals surface area contributed by atoms with E-state index in [0.717, 1.165) is 44.5 Å². The zero-order chi connectivity index (χ0) is 37.2. The number of nitrogens with two attached hydrogens (primary N) is 1. The molecular weight excluding hydrogens is 672 g/mol. The van der Waals surface area contributed by atoms with Crippen LogP contribution in [-0.4, -0.2) is 67.6 Å². The number of hydrogen-bond donors (Lipinski definition) is 5. The third kappa shape index (κ3) is 8.86. The molecule has 0 aromatic heterocycles. The molecule has 0 saturated carbocycles. The predicted molar refractivity (Wildman–Crippen MR) is 201 cm³/mol. The van der Waals surface area contributed by atoms with Gasteiger partial charge in [0.1, 0.15) is 25.3 Å². The summed E-state index contributed by atoms with van der Waals surface area (Å²) in [7, 11) is 0. The zero-order valence-corrected chi connectivity index (χ0v) is 29.6. The molecule has 0 saturated heterocycles. The van der Waals surface area contributed by atoms with E-state index in [-0.39, 0.29) is 44.4 Å². The summed E-state index contributed by atoms with van der Waals surface area (Å²) in [5.41, 5.74) is 14.4. The van der Waals surface area contributed by atoms with Crippen molar-refractivity contribution in [2.45, 2.75) is 62.4 Å². The molecule has 0 radical (unpaired) electrons. The van der Waals surface area contributed by atoms with Gasteiger partial charge in [0.15, 0.2) is 0 Å². The number of hydrogen-bond acceptors (Lipinski definition) is 7. The highest BCUT2D eigenvalue weighted by Gasteiger charge is 2.31. The van der Waals surface area contributed by atoms with Crippen LogP contribution in [0.1, 0.15) is 72.6 Å². The Kier molecular flexibility index (Phi) is 12.4. The number of carboxylic acids is 1. The lowest BCUT2D eigenvalue weighted by molar-refractivity contribution is -0.142. The third-order valence-electron chi connectivity index (χ3n) is 10.0. The Labute approximate surface area is 309 Å². The summed E-state index contributed by atoms with van der Waals surface area (Å²) in [5.74, 6) is -2.00. The van der Waals surface area contributed by atoms with E-state index in [2.05, 4.69) is 40.2 Å². The maximum atomic E-state index is 13.4. The molecule has 2 aliphatic rings. The number of nitrogens with one attached hydrogen (secondary N) is 3. The van der Waals surface area contributed by atoms with Gasteiger partial charge >= 0.3 is 18.2 Å². The average molecular weight is 719 g/mol. The van der Waals surface area contributed by atoms with Gasteiger partial charge in [-0.05, 0) is 89.6 Å². The number of ether oxygens (including phenoxy) is 2. The monoisotopic (exact) mass is 718 g/mol. The first-order chi connectivity index (χ1) is 25.9. The van der Waals surface area contributed by atoms with E-state index in [9.17, 15) is 24.3 Å². The predicted octanol–water partition coefficient (Wildman–Crippen LogP) is 6.30. The van der Waals surface area contributed by atoms with E-state index in [4.69, 9.17) is 15.2 Å². The molecular formula is C42H46N4O7. The van der Waals surface area contributed by atoms with Crippen molar-refractivity contribution < 1.29 is 33.8 Å². The van der Waals surface area contributed by atoms with Crippen molar-refractivity contribution in [2.24, 2.45) is 5.73 Å². The molecule has 4 aromatic rings. The van der Waals surface area contributed by atoms with Gasteiger partial charge in [-0.25, -0.2) is 14.4 Å². The molecule has 0 spiro atoms. The number of alkyl carbamates (subject to hydrolysis) is 2. The number of fused-ring (bicyclic) bond motifs is 6. The molecule has 276 valence electrons. The number of aliphatic carboxylic acids is 1. The highest BCUT2D eigenvalue weighted by Crippen LogP contribution is 2.45. The topological polar surface area (TPSA) is 169 Å². The normalized spacial score (nSPS) is 13.8. The number of benzene rings is 4. The second kappa shape index (κ2) is 17.7. The Hall–Kier alpha value is -5.68. The quantitative estimate of drug-likeness (QED) is 0.0793. The van der Waals surface area contributed by atoms with Crippen LogP contribution in [0.4, 0.5) is 9.59 Å². The minimum absolute atomic E-state index is 0.0543. The highest BCUT2D eigenvalue weighted by molar-refractivity contribution is 5.89. The molecule has 53 heavy (non-hydrogen) atoms. The molecule has 0 bridgehead atoms. The van der Waals surface area contributed by atoms with E-state index in [1.807, 2.05) is 72.8 Å². The summed E-state index contributed by atoms with van der Waals surface area (Å²) in [6, 6.07) is 30.0. The molecule has 0 aliphatic heterocycles. The Balaban J connectivity index is 1.01. The van der Waals surface area contributed by atoms with Crippen LogP contribution < -0.4 is 21.7 Å². The van der Waals surface area contributed by atoms with Crippen LogP contribution in [0.25, 0.3) is 22.3 Å². The van der Waals surface area contributed by atoms with Gasteiger partial charge in [0, 0.05) is 18.4 Å². The molecule has 3 amide bonds.